The fourth-order valence-electron chi connectivity index (χ4n) is 1.11. The molecule has 0 unspecified atom stereocenters. The first kappa shape index (κ1) is 10.1. The van der Waals surface area contributed by atoms with E-state index < -0.39 is 0 Å². The molecule has 0 bridgehead atoms. The highest BCUT2D eigenvalue weighted by atomic mass is 16.5. The molecule has 0 saturated heterocycles. The quantitative estimate of drug-likeness (QED) is 0.685. The first-order valence-corrected chi connectivity index (χ1v) is 4.04. The van der Waals surface area contributed by atoms with Crippen molar-refractivity contribution in [2.75, 3.05) is 14.2 Å². The highest BCUT2D eigenvalue weighted by Crippen LogP contribution is 2.28. The number of nitriles is 1. The molecule has 72 valence electrons. The van der Waals surface area contributed by atoms with Gasteiger partial charge in [0.2, 0.25) is 0 Å². The number of allylic oxidation sites excluding steroid dienone is 1. The summed E-state index contributed by atoms with van der Waals surface area (Å²) in [6.45, 7) is 3.63. The van der Waals surface area contributed by atoms with Gasteiger partial charge in [-0.25, -0.2) is 0 Å². The maximum Gasteiger partial charge on any atom is 0.127 e. The van der Waals surface area contributed by atoms with E-state index in [1.807, 2.05) is 6.07 Å². The van der Waals surface area contributed by atoms with Crippen LogP contribution in [0.3, 0.4) is 0 Å². The normalized spacial score (nSPS) is 8.93. The van der Waals surface area contributed by atoms with Gasteiger partial charge in [0.1, 0.15) is 11.5 Å². The lowest BCUT2D eigenvalue weighted by Gasteiger charge is -2.08. The Morgan fingerprint density at radius 2 is 2.07 bits per heavy atom. The Morgan fingerprint density at radius 1 is 1.36 bits per heavy atom. The number of ether oxygens (including phenoxy) is 2. The summed E-state index contributed by atoms with van der Waals surface area (Å²) in [5.74, 6) is 1.30. The second kappa shape index (κ2) is 4.33. The summed E-state index contributed by atoms with van der Waals surface area (Å²) >= 11 is 0. The van der Waals surface area contributed by atoms with Crippen LogP contribution in [0.25, 0.3) is 5.57 Å². The molecule has 0 saturated carbocycles. The molecular weight excluding hydrogens is 178 g/mol. The maximum absolute atomic E-state index is 8.73. The molecule has 0 heterocycles. The van der Waals surface area contributed by atoms with Gasteiger partial charge in [-0.3, -0.25) is 0 Å². The summed E-state index contributed by atoms with van der Waals surface area (Å²) in [6.07, 6.45) is 0. The molecule has 1 aromatic rings. The van der Waals surface area contributed by atoms with Crippen molar-refractivity contribution in [2.24, 2.45) is 0 Å². The molecule has 14 heavy (non-hydrogen) atoms. The molecule has 0 atom stereocenters. The van der Waals surface area contributed by atoms with Crippen molar-refractivity contribution in [3.8, 4) is 17.6 Å². The largest absolute Gasteiger partial charge is 0.497 e. The number of nitrogens with zero attached hydrogens (tertiary/aromatic N) is 1. The summed E-state index contributed by atoms with van der Waals surface area (Å²) in [5.41, 5.74) is 1.02. The van der Waals surface area contributed by atoms with Gasteiger partial charge in [-0.15, -0.1) is 0 Å². The number of rotatable bonds is 3. The summed E-state index contributed by atoms with van der Waals surface area (Å²) in [7, 11) is 3.12. The van der Waals surface area contributed by atoms with Gasteiger partial charge in [0.15, 0.2) is 0 Å². The van der Waals surface area contributed by atoms with Crippen LogP contribution in [-0.2, 0) is 0 Å². The van der Waals surface area contributed by atoms with Gasteiger partial charge in [-0.05, 0) is 18.2 Å². The molecule has 0 aromatic heterocycles. The van der Waals surface area contributed by atoms with Crippen molar-refractivity contribution < 1.29 is 9.47 Å². The molecule has 0 radical (unpaired) electrons. The van der Waals surface area contributed by atoms with Crippen molar-refractivity contribution in [3.63, 3.8) is 0 Å². The predicted octanol–water partition coefficient (Wildman–Crippen LogP) is 2.24. The lowest BCUT2D eigenvalue weighted by atomic mass is 10.1. The first-order chi connectivity index (χ1) is 6.72. The molecule has 1 rings (SSSR count). The van der Waals surface area contributed by atoms with Gasteiger partial charge < -0.3 is 9.47 Å². The summed E-state index contributed by atoms with van der Waals surface area (Å²) in [6, 6.07) is 7.22. The van der Waals surface area contributed by atoms with Gasteiger partial charge in [0.05, 0.1) is 25.9 Å². The fraction of sp³-hybridized carbons (Fsp3) is 0.182. The van der Waals surface area contributed by atoms with Crippen LogP contribution in [0, 0.1) is 11.3 Å². The van der Waals surface area contributed by atoms with Gasteiger partial charge >= 0.3 is 0 Å². The monoisotopic (exact) mass is 189 g/mol. The maximum atomic E-state index is 8.73. The van der Waals surface area contributed by atoms with Crippen molar-refractivity contribution in [2.45, 2.75) is 0 Å². The zero-order valence-electron chi connectivity index (χ0n) is 8.20. The Kier molecular flexibility index (Phi) is 3.14. The minimum Gasteiger partial charge on any atom is -0.497 e. The molecule has 1 aromatic carbocycles. The zero-order chi connectivity index (χ0) is 10.6. The van der Waals surface area contributed by atoms with Gasteiger partial charge in [0, 0.05) is 5.56 Å². The second-order valence-corrected chi connectivity index (χ2v) is 2.66. The van der Waals surface area contributed by atoms with E-state index in [0.717, 1.165) is 0 Å². The Labute approximate surface area is 83.2 Å². The minimum absolute atomic E-state index is 0.362. The van der Waals surface area contributed by atoms with E-state index >= 15 is 0 Å². The number of benzene rings is 1. The van der Waals surface area contributed by atoms with E-state index in [4.69, 9.17) is 14.7 Å². The minimum atomic E-state index is 0.362. The molecule has 0 aliphatic heterocycles. The number of methoxy groups -OCH3 is 2. The molecule has 0 fully saturated rings. The average Bonchev–Trinajstić information content (AvgIpc) is 2.27. The van der Waals surface area contributed by atoms with E-state index in [0.29, 0.717) is 22.6 Å². The van der Waals surface area contributed by atoms with Gasteiger partial charge in [-0.1, -0.05) is 6.58 Å². The van der Waals surface area contributed by atoms with Crippen LogP contribution in [0.2, 0.25) is 0 Å². The second-order valence-electron chi connectivity index (χ2n) is 2.66. The SMILES string of the molecule is C=C(C#N)c1cc(OC)ccc1OC. The molecule has 0 aliphatic carbocycles. The van der Waals surface area contributed by atoms with Crippen molar-refractivity contribution in [1.29, 1.82) is 5.26 Å². The third kappa shape index (κ3) is 1.86. The standard InChI is InChI=1S/C11H11NO2/c1-8(7-12)10-6-9(13-2)4-5-11(10)14-3/h4-6H,1H2,2-3H3. The summed E-state index contributed by atoms with van der Waals surface area (Å²) in [5, 5.41) is 8.73. The third-order valence-electron chi connectivity index (χ3n) is 1.87. The number of hydrogen-bond acceptors (Lipinski definition) is 3. The van der Waals surface area contributed by atoms with Crippen LogP contribution in [0.5, 0.6) is 11.5 Å². The van der Waals surface area contributed by atoms with Crippen LogP contribution >= 0.6 is 0 Å². The molecule has 0 aliphatic rings. The molecular formula is C11H11NO2. The van der Waals surface area contributed by atoms with Gasteiger partial charge in [0.25, 0.3) is 0 Å². The predicted molar refractivity (Wildman–Crippen MR) is 54.2 cm³/mol. The van der Waals surface area contributed by atoms with E-state index in [9.17, 15) is 0 Å². The van der Waals surface area contributed by atoms with Crippen molar-refractivity contribution >= 4 is 5.57 Å². The van der Waals surface area contributed by atoms with Crippen molar-refractivity contribution in [3.05, 3.63) is 30.3 Å². The van der Waals surface area contributed by atoms with Crippen LogP contribution < -0.4 is 9.47 Å². The Balaban J connectivity index is 3.23. The van der Waals surface area contributed by atoms with Crippen LogP contribution in [0.4, 0.5) is 0 Å². The lowest BCUT2D eigenvalue weighted by molar-refractivity contribution is 0.402. The molecule has 0 spiro atoms. The first-order valence-electron chi connectivity index (χ1n) is 4.04. The number of hydrogen-bond donors (Lipinski definition) is 0. The topological polar surface area (TPSA) is 42.2 Å². The van der Waals surface area contributed by atoms with Gasteiger partial charge in [-0.2, -0.15) is 5.26 Å². The smallest absolute Gasteiger partial charge is 0.127 e. The van der Waals surface area contributed by atoms with E-state index in [1.165, 1.54) is 0 Å². The Morgan fingerprint density at radius 3 is 2.57 bits per heavy atom. The molecule has 3 heteroatoms. The van der Waals surface area contributed by atoms with Crippen molar-refractivity contribution in [1.82, 2.24) is 0 Å². The molecule has 3 nitrogen and oxygen atoms in total. The van der Waals surface area contributed by atoms with E-state index in [1.54, 1.807) is 32.4 Å². The van der Waals surface area contributed by atoms with Crippen LogP contribution in [-0.4, -0.2) is 14.2 Å². The van der Waals surface area contributed by atoms with Crippen LogP contribution in [0.1, 0.15) is 5.56 Å². The Hall–Kier alpha value is -1.95. The lowest BCUT2D eigenvalue weighted by Crippen LogP contribution is -1.91. The van der Waals surface area contributed by atoms with E-state index in [2.05, 4.69) is 6.58 Å². The summed E-state index contributed by atoms with van der Waals surface area (Å²) < 4.78 is 10.1. The highest BCUT2D eigenvalue weighted by molar-refractivity contribution is 5.79. The molecule has 0 N–H and O–H groups in total. The van der Waals surface area contributed by atoms with Crippen LogP contribution in [0.15, 0.2) is 24.8 Å². The van der Waals surface area contributed by atoms with E-state index in [-0.39, 0.29) is 0 Å². The highest BCUT2D eigenvalue weighted by Gasteiger charge is 2.07. The summed E-state index contributed by atoms with van der Waals surface area (Å²) in [4.78, 5) is 0. The average molecular weight is 189 g/mol. The molecule has 0 amide bonds. The third-order valence-corrected chi connectivity index (χ3v) is 1.87. The Bertz CT molecular complexity index is 391. The zero-order valence-corrected chi connectivity index (χ0v) is 8.20. The fourth-order valence-corrected chi connectivity index (χ4v) is 1.11.